The van der Waals surface area contributed by atoms with Gasteiger partial charge in [-0.15, -0.1) is 0 Å². The lowest BCUT2D eigenvalue weighted by Gasteiger charge is -2.26. The first kappa shape index (κ1) is 16.4. The summed E-state index contributed by atoms with van der Waals surface area (Å²) in [6.07, 6.45) is 0. The van der Waals surface area contributed by atoms with Crippen LogP contribution in [0.3, 0.4) is 0 Å². The Hall–Kier alpha value is -0.960. The van der Waals surface area contributed by atoms with Gasteiger partial charge in [0.25, 0.3) is 0 Å². The molecule has 0 spiro atoms. The number of benzene rings is 1. The maximum absolute atomic E-state index is 12.7. The van der Waals surface area contributed by atoms with E-state index in [4.69, 9.17) is 16.3 Å². The molecule has 1 N–H and O–H groups in total. The first-order chi connectivity index (χ1) is 9.87. The Morgan fingerprint density at radius 1 is 1.38 bits per heavy atom. The number of halogens is 1. The van der Waals surface area contributed by atoms with Crippen LogP contribution in [-0.2, 0) is 10.0 Å². The Balaban J connectivity index is 2.59. The first-order valence-corrected chi connectivity index (χ1v) is 9.04. The summed E-state index contributed by atoms with van der Waals surface area (Å²) in [6.45, 7) is 0.760. The molecular weight excluding hydrogens is 338 g/mol. The number of nitrogens with zero attached hydrogens (tertiary/aromatic N) is 1. The summed E-state index contributed by atoms with van der Waals surface area (Å²) in [5, 5.41) is 9.21. The van der Waals surface area contributed by atoms with E-state index in [-0.39, 0.29) is 21.2 Å². The van der Waals surface area contributed by atoms with Gasteiger partial charge in [-0.1, -0.05) is 11.6 Å². The fraction of sp³-hybridized carbons (Fsp3) is 0.417. The van der Waals surface area contributed by atoms with Crippen LogP contribution in [0.25, 0.3) is 0 Å². The summed E-state index contributed by atoms with van der Waals surface area (Å²) in [5.74, 6) is -0.0768. The lowest BCUT2D eigenvalue weighted by Crippen LogP contribution is -2.38. The van der Waals surface area contributed by atoms with Crippen molar-refractivity contribution in [1.29, 1.82) is 0 Å². The molecule has 0 aliphatic carbocycles. The molecule has 0 atom stereocenters. The van der Waals surface area contributed by atoms with Crippen molar-refractivity contribution in [3.63, 3.8) is 0 Å². The third kappa shape index (κ3) is 3.28. The molecule has 1 fully saturated rings. The van der Waals surface area contributed by atoms with Crippen molar-refractivity contribution in [1.82, 2.24) is 4.31 Å². The lowest BCUT2D eigenvalue weighted by atomic mass is 10.2. The maximum atomic E-state index is 12.7. The average molecular weight is 352 g/mol. The quantitative estimate of drug-likeness (QED) is 0.890. The van der Waals surface area contributed by atoms with Crippen LogP contribution < -0.4 is 4.74 Å². The van der Waals surface area contributed by atoms with Crippen molar-refractivity contribution in [3.05, 3.63) is 22.7 Å². The molecule has 1 aromatic rings. The van der Waals surface area contributed by atoms with Gasteiger partial charge in [0.15, 0.2) is 5.75 Å². The van der Waals surface area contributed by atoms with Crippen LogP contribution in [0.4, 0.5) is 0 Å². The number of methoxy groups -OCH3 is 1. The van der Waals surface area contributed by atoms with E-state index in [2.05, 4.69) is 0 Å². The monoisotopic (exact) mass is 351 g/mol. The number of sulfonamides is 1. The highest BCUT2D eigenvalue weighted by molar-refractivity contribution is 7.99. The van der Waals surface area contributed by atoms with Crippen molar-refractivity contribution >= 4 is 39.4 Å². The highest BCUT2D eigenvalue weighted by atomic mass is 35.5. The number of hydrogen-bond donors (Lipinski definition) is 1. The second-order valence-electron chi connectivity index (χ2n) is 4.31. The number of hydrogen-bond acceptors (Lipinski definition) is 5. The zero-order chi connectivity index (χ0) is 15.6. The molecule has 116 valence electrons. The Kier molecular flexibility index (Phi) is 5.03. The summed E-state index contributed by atoms with van der Waals surface area (Å²) >= 11 is 7.54. The van der Waals surface area contributed by atoms with Crippen LogP contribution in [0.1, 0.15) is 10.4 Å². The zero-order valence-corrected chi connectivity index (χ0v) is 13.6. The van der Waals surface area contributed by atoms with Crippen LogP contribution in [0.5, 0.6) is 5.75 Å². The van der Waals surface area contributed by atoms with Gasteiger partial charge in [0, 0.05) is 29.6 Å². The van der Waals surface area contributed by atoms with E-state index in [9.17, 15) is 18.3 Å². The molecule has 1 aliphatic heterocycles. The second kappa shape index (κ2) is 6.43. The first-order valence-electron chi connectivity index (χ1n) is 6.06. The fourth-order valence-electron chi connectivity index (χ4n) is 2.06. The summed E-state index contributed by atoms with van der Waals surface area (Å²) in [7, 11) is -2.60. The van der Waals surface area contributed by atoms with Crippen molar-refractivity contribution in [2.75, 3.05) is 31.7 Å². The number of carboxylic acids is 1. The molecule has 0 aromatic heterocycles. The molecule has 0 radical (unpaired) electrons. The van der Waals surface area contributed by atoms with E-state index >= 15 is 0 Å². The van der Waals surface area contributed by atoms with Gasteiger partial charge in [-0.05, 0) is 12.1 Å². The molecule has 1 heterocycles. The molecule has 1 aromatic carbocycles. The van der Waals surface area contributed by atoms with Crippen molar-refractivity contribution in [2.24, 2.45) is 0 Å². The van der Waals surface area contributed by atoms with E-state index < -0.39 is 16.0 Å². The normalized spacial score (nSPS) is 16.7. The second-order valence-corrected chi connectivity index (χ2v) is 7.87. The van der Waals surface area contributed by atoms with E-state index in [0.717, 1.165) is 0 Å². The topological polar surface area (TPSA) is 83.9 Å². The van der Waals surface area contributed by atoms with Crippen LogP contribution in [-0.4, -0.2) is 55.5 Å². The van der Waals surface area contributed by atoms with Crippen molar-refractivity contribution in [3.8, 4) is 5.75 Å². The molecule has 2 rings (SSSR count). The molecule has 1 aliphatic rings. The molecule has 1 saturated heterocycles. The van der Waals surface area contributed by atoms with Gasteiger partial charge in [-0.2, -0.15) is 16.1 Å². The van der Waals surface area contributed by atoms with E-state index in [1.165, 1.54) is 23.5 Å². The minimum atomic E-state index is -3.84. The van der Waals surface area contributed by atoms with Gasteiger partial charge in [0.05, 0.1) is 7.11 Å². The minimum absolute atomic E-state index is 0.0400. The van der Waals surface area contributed by atoms with Gasteiger partial charge in [-0.3, -0.25) is 0 Å². The van der Waals surface area contributed by atoms with Crippen molar-refractivity contribution in [2.45, 2.75) is 4.90 Å². The van der Waals surface area contributed by atoms with E-state index in [1.807, 2.05) is 0 Å². The number of aromatic carboxylic acids is 1. The summed E-state index contributed by atoms with van der Waals surface area (Å²) < 4.78 is 31.7. The summed E-state index contributed by atoms with van der Waals surface area (Å²) in [4.78, 5) is 11.0. The number of carbonyl (C=O) groups is 1. The molecule has 0 bridgehead atoms. The molecule has 6 nitrogen and oxygen atoms in total. The minimum Gasteiger partial charge on any atom is -0.494 e. The fourth-order valence-corrected chi connectivity index (χ4v) is 5.12. The number of thioether (sulfide) groups is 1. The summed E-state index contributed by atoms with van der Waals surface area (Å²) in [5.41, 5.74) is -0.269. The number of carboxylic acid groups (broad SMARTS) is 1. The lowest BCUT2D eigenvalue weighted by molar-refractivity contribution is 0.0693. The molecule has 0 unspecified atom stereocenters. The Morgan fingerprint density at radius 3 is 2.52 bits per heavy atom. The Morgan fingerprint density at radius 2 is 2.00 bits per heavy atom. The van der Waals surface area contributed by atoms with Gasteiger partial charge >= 0.3 is 5.97 Å². The molecular formula is C12H14ClNO5S2. The van der Waals surface area contributed by atoms with Crippen LogP contribution in [0.15, 0.2) is 17.0 Å². The van der Waals surface area contributed by atoms with E-state index in [1.54, 1.807) is 11.8 Å². The maximum Gasteiger partial charge on any atom is 0.339 e. The third-order valence-corrected chi connectivity index (χ3v) is 6.11. The van der Waals surface area contributed by atoms with Gasteiger partial charge in [0.1, 0.15) is 10.5 Å². The predicted octanol–water partition coefficient (Wildman–Crippen LogP) is 1.78. The largest absolute Gasteiger partial charge is 0.494 e. The van der Waals surface area contributed by atoms with Crippen molar-refractivity contribution < 1.29 is 23.1 Å². The van der Waals surface area contributed by atoms with Gasteiger partial charge < -0.3 is 9.84 Å². The Labute approximate surface area is 132 Å². The highest BCUT2D eigenvalue weighted by Crippen LogP contribution is 2.34. The number of ether oxygens (including phenoxy) is 1. The zero-order valence-electron chi connectivity index (χ0n) is 11.2. The van der Waals surface area contributed by atoms with Crippen LogP contribution in [0.2, 0.25) is 5.02 Å². The summed E-state index contributed by atoms with van der Waals surface area (Å²) in [6, 6.07) is 2.40. The van der Waals surface area contributed by atoms with Gasteiger partial charge in [-0.25, -0.2) is 13.2 Å². The average Bonchev–Trinajstić information content (AvgIpc) is 2.47. The molecule has 9 heteroatoms. The SMILES string of the molecule is COc1c(C(=O)O)cc(Cl)cc1S(=O)(=O)N1CCSCC1. The van der Waals surface area contributed by atoms with Crippen LogP contribution >= 0.6 is 23.4 Å². The standard InChI is InChI=1S/C12H14ClNO5S2/c1-19-11-9(12(15)16)6-8(13)7-10(11)21(17,18)14-2-4-20-5-3-14/h6-7H,2-5H2,1H3,(H,15,16). The molecule has 0 amide bonds. The number of rotatable bonds is 4. The third-order valence-electron chi connectivity index (χ3n) is 3.04. The Bertz CT molecular complexity index is 656. The predicted molar refractivity (Wildman–Crippen MR) is 81.0 cm³/mol. The van der Waals surface area contributed by atoms with Crippen LogP contribution in [0, 0.1) is 0 Å². The molecule has 0 saturated carbocycles. The van der Waals surface area contributed by atoms with E-state index in [0.29, 0.717) is 24.6 Å². The molecule has 21 heavy (non-hydrogen) atoms. The van der Waals surface area contributed by atoms with Gasteiger partial charge in [0.2, 0.25) is 10.0 Å². The highest BCUT2D eigenvalue weighted by Gasteiger charge is 2.31. The smallest absolute Gasteiger partial charge is 0.339 e.